The van der Waals surface area contributed by atoms with Crippen LogP contribution in [0, 0.1) is 5.92 Å². The zero-order valence-corrected chi connectivity index (χ0v) is 13.5. The number of nitrogens with one attached hydrogen (secondary N) is 1. The van der Waals surface area contributed by atoms with Gasteiger partial charge in [-0.25, -0.2) is 18.1 Å². The average molecular weight is 365 g/mol. The van der Waals surface area contributed by atoms with E-state index >= 15 is 0 Å². The van der Waals surface area contributed by atoms with E-state index < -0.39 is 10.0 Å². The van der Waals surface area contributed by atoms with Crippen molar-refractivity contribution in [3.63, 3.8) is 0 Å². The molecule has 0 aliphatic carbocycles. The number of pyridine rings is 1. The van der Waals surface area contributed by atoms with Crippen molar-refractivity contribution in [2.75, 3.05) is 26.1 Å². The minimum atomic E-state index is -3.23. The molecule has 0 amide bonds. The lowest BCUT2D eigenvalue weighted by Crippen LogP contribution is -2.47. The number of hydrogen-bond donors (Lipinski definition) is 1. The van der Waals surface area contributed by atoms with Gasteiger partial charge in [-0.3, -0.25) is 0 Å². The smallest absolute Gasteiger partial charge is 0.213 e. The molecule has 8 heteroatoms. The molecule has 1 aliphatic heterocycles. The van der Waals surface area contributed by atoms with Gasteiger partial charge in [-0.1, -0.05) is 0 Å². The van der Waals surface area contributed by atoms with Crippen LogP contribution in [0.2, 0.25) is 0 Å². The van der Waals surface area contributed by atoms with Gasteiger partial charge in [0.1, 0.15) is 0 Å². The second-order valence-electron chi connectivity index (χ2n) is 4.75. The van der Waals surface area contributed by atoms with Crippen LogP contribution in [0.4, 0.5) is 0 Å². The van der Waals surface area contributed by atoms with Crippen LogP contribution in [0.3, 0.4) is 0 Å². The Bertz CT molecular complexity index is 535. The van der Waals surface area contributed by atoms with Gasteiger partial charge >= 0.3 is 0 Å². The second-order valence-corrected chi connectivity index (χ2v) is 7.44. The molecule has 1 N–H and O–H groups in total. The van der Waals surface area contributed by atoms with E-state index in [0.29, 0.717) is 32.1 Å². The molecule has 0 radical (unpaired) electrons. The molecule has 1 aliphatic rings. The Balaban J connectivity index is 1.93. The number of ether oxygens (including phenoxy) is 2. The highest BCUT2D eigenvalue weighted by Gasteiger charge is 2.28. The number of halogens is 1. The van der Waals surface area contributed by atoms with Crippen molar-refractivity contribution in [3.8, 4) is 5.88 Å². The maximum Gasteiger partial charge on any atom is 0.213 e. The van der Waals surface area contributed by atoms with E-state index in [0.717, 1.165) is 10.7 Å². The highest BCUT2D eigenvalue weighted by molar-refractivity contribution is 9.10. The van der Waals surface area contributed by atoms with Gasteiger partial charge in [0.25, 0.3) is 0 Å². The predicted octanol–water partition coefficient (Wildman–Crippen LogP) is 1.18. The summed E-state index contributed by atoms with van der Waals surface area (Å²) in [6.45, 7) is 1.39. The third-order valence-electron chi connectivity index (χ3n) is 2.99. The fourth-order valence-electron chi connectivity index (χ4n) is 2.03. The van der Waals surface area contributed by atoms with Crippen molar-refractivity contribution >= 4 is 26.0 Å². The van der Waals surface area contributed by atoms with Crippen LogP contribution in [0.1, 0.15) is 6.42 Å². The molecule has 112 valence electrons. The monoisotopic (exact) mass is 364 g/mol. The lowest BCUT2D eigenvalue weighted by atomic mass is 9.98. The highest BCUT2D eigenvalue weighted by Crippen LogP contribution is 2.18. The van der Waals surface area contributed by atoms with Gasteiger partial charge in [0.2, 0.25) is 15.9 Å². The topological polar surface area (TPSA) is 77.5 Å². The van der Waals surface area contributed by atoms with E-state index in [1.165, 1.54) is 0 Å². The van der Waals surface area contributed by atoms with Crippen molar-refractivity contribution in [2.45, 2.75) is 12.5 Å². The number of hydrogen-bond acceptors (Lipinski definition) is 5. The number of nitrogens with zero attached hydrogens (tertiary/aromatic N) is 1. The molecule has 2 heterocycles. The zero-order chi connectivity index (χ0) is 14.6. The summed E-state index contributed by atoms with van der Waals surface area (Å²) < 4.78 is 37.2. The molecule has 1 saturated heterocycles. The Hall–Kier alpha value is -0.700. The summed E-state index contributed by atoms with van der Waals surface area (Å²) in [5.41, 5.74) is 0. The Morgan fingerprint density at radius 1 is 1.55 bits per heavy atom. The number of rotatable bonds is 5. The molecular weight excluding hydrogens is 348 g/mol. The maximum atomic E-state index is 11.3. The summed E-state index contributed by atoms with van der Waals surface area (Å²) in [6, 6.07) is 3.44. The lowest BCUT2D eigenvalue weighted by Gasteiger charge is -2.31. The average Bonchev–Trinajstić information content (AvgIpc) is 2.38. The minimum absolute atomic E-state index is 0.0241. The van der Waals surface area contributed by atoms with Crippen molar-refractivity contribution < 1.29 is 17.9 Å². The molecule has 6 nitrogen and oxygen atoms in total. The second kappa shape index (κ2) is 6.84. The summed E-state index contributed by atoms with van der Waals surface area (Å²) in [4.78, 5) is 4.11. The third-order valence-corrected chi connectivity index (χ3v) is 4.19. The highest BCUT2D eigenvalue weighted by atomic mass is 79.9. The van der Waals surface area contributed by atoms with Gasteiger partial charge < -0.3 is 9.47 Å². The Labute approximate surface area is 127 Å². The largest absolute Gasteiger partial charge is 0.477 e. The molecule has 0 spiro atoms. The maximum absolute atomic E-state index is 11.3. The predicted molar refractivity (Wildman–Crippen MR) is 78.1 cm³/mol. The van der Waals surface area contributed by atoms with E-state index in [4.69, 9.17) is 9.47 Å². The minimum Gasteiger partial charge on any atom is -0.477 e. The standard InChI is InChI=1S/C12H17BrN2O4S/c1-20(16,17)15-11-4-5-18-7-9(11)8-19-12-3-2-10(13)6-14-12/h2-3,6,9,11,15H,4-5,7-8H2,1H3/t9-,11+/m1/s1. The zero-order valence-electron chi connectivity index (χ0n) is 11.1. The van der Waals surface area contributed by atoms with Crippen molar-refractivity contribution in [2.24, 2.45) is 5.92 Å². The Morgan fingerprint density at radius 2 is 2.35 bits per heavy atom. The Kier molecular flexibility index (Phi) is 5.36. The van der Waals surface area contributed by atoms with E-state index in [1.54, 1.807) is 12.3 Å². The molecule has 1 aromatic heterocycles. The molecule has 0 saturated carbocycles. The first-order chi connectivity index (χ1) is 9.44. The fourth-order valence-corrected chi connectivity index (χ4v) is 3.13. The Morgan fingerprint density at radius 3 is 3.00 bits per heavy atom. The van der Waals surface area contributed by atoms with E-state index in [9.17, 15) is 8.42 Å². The quantitative estimate of drug-likeness (QED) is 0.848. The normalized spacial score (nSPS) is 23.5. The first-order valence-electron chi connectivity index (χ1n) is 6.23. The molecule has 1 fully saturated rings. The molecular formula is C12H17BrN2O4S. The van der Waals surface area contributed by atoms with Crippen molar-refractivity contribution in [1.29, 1.82) is 0 Å². The molecule has 0 aromatic carbocycles. The SMILES string of the molecule is CS(=O)(=O)N[C@H]1CCOC[C@@H]1COc1ccc(Br)cn1. The summed E-state index contributed by atoms with van der Waals surface area (Å²) in [5.74, 6) is 0.487. The molecule has 2 rings (SSSR count). The summed E-state index contributed by atoms with van der Waals surface area (Å²) in [5, 5.41) is 0. The van der Waals surface area contributed by atoms with Gasteiger partial charge in [-0.05, 0) is 28.4 Å². The number of aromatic nitrogens is 1. The van der Waals surface area contributed by atoms with Crippen molar-refractivity contribution in [1.82, 2.24) is 9.71 Å². The van der Waals surface area contributed by atoms with Crippen LogP contribution in [0.15, 0.2) is 22.8 Å². The van der Waals surface area contributed by atoms with Crippen LogP contribution >= 0.6 is 15.9 Å². The van der Waals surface area contributed by atoms with Crippen LogP contribution in [0.25, 0.3) is 0 Å². The van der Waals surface area contributed by atoms with Gasteiger partial charge in [-0.2, -0.15) is 0 Å². The van der Waals surface area contributed by atoms with E-state index in [-0.39, 0.29) is 12.0 Å². The fraction of sp³-hybridized carbons (Fsp3) is 0.583. The number of sulfonamides is 1. The van der Waals surface area contributed by atoms with Crippen LogP contribution in [-0.2, 0) is 14.8 Å². The summed E-state index contributed by atoms with van der Waals surface area (Å²) in [7, 11) is -3.23. The first-order valence-corrected chi connectivity index (χ1v) is 8.92. The third kappa shape index (κ3) is 5.01. The van der Waals surface area contributed by atoms with E-state index in [2.05, 4.69) is 25.6 Å². The van der Waals surface area contributed by atoms with Gasteiger partial charge in [0, 0.05) is 35.3 Å². The van der Waals surface area contributed by atoms with E-state index in [1.807, 2.05) is 6.07 Å². The lowest BCUT2D eigenvalue weighted by molar-refractivity contribution is 0.0180. The molecule has 2 atom stereocenters. The van der Waals surface area contributed by atoms with Crippen LogP contribution in [0.5, 0.6) is 5.88 Å². The van der Waals surface area contributed by atoms with Gasteiger partial charge in [0.15, 0.2) is 0 Å². The molecule has 0 unspecified atom stereocenters. The van der Waals surface area contributed by atoms with Crippen molar-refractivity contribution in [3.05, 3.63) is 22.8 Å². The van der Waals surface area contributed by atoms with Gasteiger partial charge in [0.05, 0.1) is 19.5 Å². The van der Waals surface area contributed by atoms with Gasteiger partial charge in [-0.15, -0.1) is 0 Å². The van der Waals surface area contributed by atoms with Crippen LogP contribution < -0.4 is 9.46 Å². The molecule has 20 heavy (non-hydrogen) atoms. The molecule has 1 aromatic rings. The summed E-state index contributed by atoms with van der Waals surface area (Å²) >= 11 is 3.30. The molecule has 0 bridgehead atoms. The summed E-state index contributed by atoms with van der Waals surface area (Å²) in [6.07, 6.45) is 3.46. The first kappa shape index (κ1) is 15.7. The van der Waals surface area contributed by atoms with Crippen LogP contribution in [-0.4, -0.2) is 45.5 Å².